The van der Waals surface area contributed by atoms with Gasteiger partial charge in [-0.15, -0.1) is 0 Å². The van der Waals surface area contributed by atoms with Crippen LogP contribution in [-0.2, 0) is 4.79 Å². The molecule has 0 atom stereocenters. The Morgan fingerprint density at radius 3 is 2.15 bits per heavy atom. The topological polar surface area (TPSA) is 82.6 Å². The Morgan fingerprint density at radius 2 is 1.52 bits per heavy atom. The molecule has 27 heavy (non-hydrogen) atoms. The molecule has 3 amide bonds. The van der Waals surface area contributed by atoms with Crippen LogP contribution in [0.25, 0.3) is 0 Å². The number of aromatic nitrogens is 1. The summed E-state index contributed by atoms with van der Waals surface area (Å²) in [6, 6.07) is 10.0. The molecule has 2 aromatic rings. The summed E-state index contributed by atoms with van der Waals surface area (Å²) >= 11 is 0. The van der Waals surface area contributed by atoms with Crippen molar-refractivity contribution >= 4 is 23.4 Å². The zero-order valence-corrected chi connectivity index (χ0v) is 14.8. The summed E-state index contributed by atoms with van der Waals surface area (Å²) < 4.78 is 12.9. The maximum atomic E-state index is 12.9. The van der Waals surface area contributed by atoms with Gasteiger partial charge in [-0.1, -0.05) is 6.07 Å². The fourth-order valence-corrected chi connectivity index (χ4v) is 2.80. The van der Waals surface area contributed by atoms with Gasteiger partial charge in [0.25, 0.3) is 11.8 Å². The number of anilines is 1. The molecule has 0 spiro atoms. The lowest BCUT2D eigenvalue weighted by atomic mass is 10.2. The largest absolute Gasteiger partial charge is 0.339 e. The van der Waals surface area contributed by atoms with Crippen LogP contribution in [0.5, 0.6) is 0 Å². The van der Waals surface area contributed by atoms with Crippen molar-refractivity contribution in [2.75, 3.05) is 31.5 Å². The number of halogens is 1. The number of nitrogens with one attached hydrogen (secondary N) is 1. The van der Waals surface area contributed by atoms with E-state index < -0.39 is 11.7 Å². The molecule has 8 heteroatoms. The highest BCUT2D eigenvalue weighted by atomic mass is 19.1. The fourth-order valence-electron chi connectivity index (χ4n) is 2.80. The Morgan fingerprint density at radius 1 is 0.926 bits per heavy atom. The van der Waals surface area contributed by atoms with Crippen molar-refractivity contribution in [2.24, 2.45) is 0 Å². The maximum Gasteiger partial charge on any atom is 0.274 e. The second-order valence-electron chi connectivity index (χ2n) is 6.17. The summed E-state index contributed by atoms with van der Waals surface area (Å²) in [7, 11) is 0. The molecular formula is C19H19FN4O3. The Balaban J connectivity index is 1.67. The summed E-state index contributed by atoms with van der Waals surface area (Å²) in [4.78, 5) is 43.8. The van der Waals surface area contributed by atoms with Gasteiger partial charge >= 0.3 is 0 Å². The van der Waals surface area contributed by atoms with Crippen LogP contribution < -0.4 is 5.32 Å². The molecule has 1 aromatic carbocycles. The second-order valence-corrected chi connectivity index (χ2v) is 6.17. The zero-order valence-electron chi connectivity index (χ0n) is 14.8. The summed E-state index contributed by atoms with van der Waals surface area (Å²) in [5.41, 5.74) is 0.686. The van der Waals surface area contributed by atoms with Crippen LogP contribution in [0.4, 0.5) is 10.1 Å². The minimum absolute atomic E-state index is 0.0142. The van der Waals surface area contributed by atoms with E-state index >= 15 is 0 Å². The van der Waals surface area contributed by atoms with Crippen molar-refractivity contribution in [3.63, 3.8) is 0 Å². The molecule has 7 nitrogen and oxygen atoms in total. The molecule has 1 N–H and O–H groups in total. The number of hydrogen-bond acceptors (Lipinski definition) is 4. The quantitative estimate of drug-likeness (QED) is 0.893. The standard InChI is InChI=1S/C19H19FN4O3/c1-13(25)23-9-11-24(12-10-23)19(27)17-4-2-3-16(22-17)18(26)21-15-7-5-14(20)6-8-15/h2-8H,9-12H2,1H3,(H,21,26). The zero-order chi connectivity index (χ0) is 19.4. The van der Waals surface area contributed by atoms with Gasteiger partial charge < -0.3 is 15.1 Å². The normalized spacial score (nSPS) is 14.0. The van der Waals surface area contributed by atoms with E-state index in [-0.39, 0.29) is 23.2 Å². The number of hydrogen-bond donors (Lipinski definition) is 1. The van der Waals surface area contributed by atoms with E-state index in [1.54, 1.807) is 21.9 Å². The smallest absolute Gasteiger partial charge is 0.274 e. The third kappa shape index (κ3) is 4.46. The molecule has 3 rings (SSSR count). The van der Waals surface area contributed by atoms with Gasteiger partial charge in [-0.05, 0) is 36.4 Å². The number of benzene rings is 1. The number of carbonyl (C=O) groups excluding carboxylic acids is 3. The Hall–Kier alpha value is -3.29. The fraction of sp³-hybridized carbons (Fsp3) is 0.263. The highest BCUT2D eigenvalue weighted by Crippen LogP contribution is 2.12. The van der Waals surface area contributed by atoms with E-state index in [1.165, 1.54) is 37.3 Å². The van der Waals surface area contributed by atoms with E-state index in [4.69, 9.17) is 0 Å². The first-order chi connectivity index (χ1) is 12.9. The van der Waals surface area contributed by atoms with Crippen molar-refractivity contribution < 1.29 is 18.8 Å². The molecular weight excluding hydrogens is 351 g/mol. The second kappa shape index (κ2) is 7.94. The number of carbonyl (C=O) groups is 3. The van der Waals surface area contributed by atoms with Gasteiger partial charge in [-0.25, -0.2) is 9.37 Å². The summed E-state index contributed by atoms with van der Waals surface area (Å²) in [5.74, 6) is -1.18. The lowest BCUT2D eigenvalue weighted by Crippen LogP contribution is -2.50. The predicted octanol–water partition coefficient (Wildman–Crippen LogP) is 1.78. The third-order valence-electron chi connectivity index (χ3n) is 4.32. The van der Waals surface area contributed by atoms with Crippen molar-refractivity contribution in [1.82, 2.24) is 14.8 Å². The lowest BCUT2D eigenvalue weighted by molar-refractivity contribution is -0.130. The molecule has 0 bridgehead atoms. The van der Waals surface area contributed by atoms with Crippen LogP contribution in [0, 0.1) is 5.82 Å². The Bertz CT molecular complexity index is 862. The molecule has 1 saturated heterocycles. The summed E-state index contributed by atoms with van der Waals surface area (Å²) in [5, 5.41) is 2.61. The van der Waals surface area contributed by atoms with Crippen LogP contribution in [0.3, 0.4) is 0 Å². The third-order valence-corrected chi connectivity index (χ3v) is 4.32. The first-order valence-corrected chi connectivity index (χ1v) is 8.53. The van der Waals surface area contributed by atoms with Crippen LogP contribution in [0.1, 0.15) is 27.9 Å². The van der Waals surface area contributed by atoms with E-state index in [0.29, 0.717) is 31.9 Å². The summed E-state index contributed by atoms with van der Waals surface area (Å²) in [6.45, 7) is 3.30. The van der Waals surface area contributed by atoms with Gasteiger partial charge in [-0.3, -0.25) is 14.4 Å². The van der Waals surface area contributed by atoms with Crippen molar-refractivity contribution in [3.05, 3.63) is 59.7 Å². The Labute approximate surface area is 155 Å². The molecule has 0 saturated carbocycles. The Kier molecular flexibility index (Phi) is 5.44. The van der Waals surface area contributed by atoms with Crippen molar-refractivity contribution in [2.45, 2.75) is 6.92 Å². The van der Waals surface area contributed by atoms with Crippen LogP contribution in [0.15, 0.2) is 42.5 Å². The van der Waals surface area contributed by atoms with Gasteiger partial charge in [0.1, 0.15) is 17.2 Å². The van der Waals surface area contributed by atoms with Gasteiger partial charge in [0, 0.05) is 38.8 Å². The number of piperazine rings is 1. The molecule has 2 heterocycles. The first-order valence-electron chi connectivity index (χ1n) is 8.53. The highest BCUT2D eigenvalue weighted by Gasteiger charge is 2.24. The van der Waals surface area contributed by atoms with E-state index in [1.807, 2.05) is 0 Å². The minimum atomic E-state index is -0.488. The van der Waals surface area contributed by atoms with Gasteiger partial charge in [0.2, 0.25) is 5.91 Å². The summed E-state index contributed by atoms with van der Waals surface area (Å²) in [6.07, 6.45) is 0. The highest BCUT2D eigenvalue weighted by molar-refractivity contribution is 6.03. The van der Waals surface area contributed by atoms with Crippen LogP contribution >= 0.6 is 0 Å². The van der Waals surface area contributed by atoms with E-state index in [9.17, 15) is 18.8 Å². The average molecular weight is 370 g/mol. The number of pyridine rings is 1. The molecule has 1 aliphatic rings. The number of amides is 3. The SMILES string of the molecule is CC(=O)N1CCN(C(=O)c2cccc(C(=O)Nc3ccc(F)cc3)n2)CC1. The predicted molar refractivity (Wildman–Crippen MR) is 96.7 cm³/mol. The van der Waals surface area contributed by atoms with Gasteiger partial charge in [0.05, 0.1) is 0 Å². The van der Waals surface area contributed by atoms with E-state index in [0.717, 1.165) is 0 Å². The number of rotatable bonds is 3. The molecule has 1 aromatic heterocycles. The van der Waals surface area contributed by atoms with Gasteiger partial charge in [-0.2, -0.15) is 0 Å². The van der Waals surface area contributed by atoms with Crippen molar-refractivity contribution in [3.8, 4) is 0 Å². The van der Waals surface area contributed by atoms with E-state index in [2.05, 4.69) is 10.3 Å². The minimum Gasteiger partial charge on any atom is -0.339 e. The molecule has 0 unspecified atom stereocenters. The number of nitrogens with zero attached hydrogens (tertiary/aromatic N) is 3. The van der Waals surface area contributed by atoms with Crippen LogP contribution in [0.2, 0.25) is 0 Å². The van der Waals surface area contributed by atoms with Crippen molar-refractivity contribution in [1.29, 1.82) is 0 Å². The average Bonchev–Trinajstić information content (AvgIpc) is 2.69. The molecule has 1 fully saturated rings. The first kappa shape index (κ1) is 18.5. The lowest BCUT2D eigenvalue weighted by Gasteiger charge is -2.34. The maximum absolute atomic E-state index is 12.9. The molecule has 0 aliphatic carbocycles. The monoisotopic (exact) mass is 370 g/mol. The molecule has 140 valence electrons. The van der Waals surface area contributed by atoms with Crippen LogP contribution in [-0.4, -0.2) is 58.7 Å². The van der Waals surface area contributed by atoms with Gasteiger partial charge in [0.15, 0.2) is 0 Å². The molecule has 1 aliphatic heterocycles. The molecule has 0 radical (unpaired) electrons.